The van der Waals surface area contributed by atoms with Crippen LogP contribution in [0.5, 0.6) is 0 Å². The fourth-order valence-corrected chi connectivity index (χ4v) is 1.03. The van der Waals surface area contributed by atoms with E-state index in [0.29, 0.717) is 6.29 Å². The Morgan fingerprint density at radius 3 is 2.69 bits per heavy atom. The minimum absolute atomic E-state index is 0.0980. The number of carbonyl (C=O) groups excluding carboxylic acids is 1. The number of rotatable bonds is 2. The third kappa shape index (κ3) is 2.42. The van der Waals surface area contributed by atoms with E-state index in [9.17, 15) is 18.4 Å². The van der Waals surface area contributed by atoms with Crippen molar-refractivity contribution in [2.24, 2.45) is 0 Å². The van der Waals surface area contributed by atoms with Crippen LogP contribution >= 0.6 is 0 Å². The van der Waals surface area contributed by atoms with Gasteiger partial charge < -0.3 is 9.90 Å². The SMILES string of the molecule is O=CCC#Cc1ccc(F)c(C(=O)O)c1F. The van der Waals surface area contributed by atoms with E-state index in [1.165, 1.54) is 0 Å². The second kappa shape index (κ2) is 5.03. The Balaban J connectivity index is 3.25. The van der Waals surface area contributed by atoms with Crippen molar-refractivity contribution in [1.82, 2.24) is 0 Å². The summed E-state index contributed by atoms with van der Waals surface area (Å²) in [7, 11) is 0. The minimum atomic E-state index is -1.70. The lowest BCUT2D eigenvalue weighted by molar-refractivity contribution is -0.107. The van der Waals surface area contributed by atoms with Gasteiger partial charge in [0.1, 0.15) is 17.7 Å². The van der Waals surface area contributed by atoms with Gasteiger partial charge in [-0.1, -0.05) is 11.8 Å². The molecule has 0 fully saturated rings. The van der Waals surface area contributed by atoms with Crippen LogP contribution in [0, 0.1) is 23.5 Å². The molecule has 0 aromatic heterocycles. The van der Waals surface area contributed by atoms with Crippen LogP contribution in [-0.2, 0) is 4.79 Å². The van der Waals surface area contributed by atoms with Gasteiger partial charge in [0, 0.05) is 0 Å². The van der Waals surface area contributed by atoms with Crippen molar-refractivity contribution in [3.63, 3.8) is 0 Å². The molecule has 1 aromatic carbocycles. The molecule has 0 heterocycles. The third-order valence-corrected chi connectivity index (χ3v) is 1.71. The van der Waals surface area contributed by atoms with Crippen molar-refractivity contribution in [2.75, 3.05) is 0 Å². The molecule has 0 amide bonds. The molecule has 0 spiro atoms. The number of aromatic carboxylic acids is 1. The van der Waals surface area contributed by atoms with Crippen molar-refractivity contribution < 1.29 is 23.5 Å². The molecule has 0 radical (unpaired) electrons. The van der Waals surface area contributed by atoms with E-state index in [2.05, 4.69) is 11.8 Å². The molecule has 1 aromatic rings. The van der Waals surface area contributed by atoms with E-state index in [-0.39, 0.29) is 12.0 Å². The zero-order valence-electron chi connectivity index (χ0n) is 7.96. The average molecular weight is 224 g/mol. The number of aldehydes is 1. The lowest BCUT2D eigenvalue weighted by atomic mass is 10.1. The number of carboxylic acid groups (broad SMARTS) is 1. The maximum absolute atomic E-state index is 13.4. The van der Waals surface area contributed by atoms with Crippen LogP contribution in [-0.4, -0.2) is 17.4 Å². The fraction of sp³-hybridized carbons (Fsp3) is 0.0909. The Morgan fingerprint density at radius 1 is 1.44 bits per heavy atom. The highest BCUT2D eigenvalue weighted by atomic mass is 19.1. The topological polar surface area (TPSA) is 54.4 Å². The summed E-state index contributed by atoms with van der Waals surface area (Å²) in [6.45, 7) is 0. The minimum Gasteiger partial charge on any atom is -0.477 e. The highest BCUT2D eigenvalue weighted by Crippen LogP contribution is 2.16. The smallest absolute Gasteiger partial charge is 0.341 e. The predicted molar refractivity (Wildman–Crippen MR) is 50.9 cm³/mol. The number of halogens is 2. The molecule has 16 heavy (non-hydrogen) atoms. The van der Waals surface area contributed by atoms with Gasteiger partial charge in [0.2, 0.25) is 0 Å². The van der Waals surface area contributed by atoms with Crippen LogP contribution in [0.4, 0.5) is 8.78 Å². The predicted octanol–water partition coefficient (Wildman–Crippen LogP) is 1.60. The van der Waals surface area contributed by atoms with E-state index >= 15 is 0 Å². The molecule has 1 N–H and O–H groups in total. The molecule has 0 aliphatic rings. The molecular weight excluding hydrogens is 218 g/mol. The first-order valence-corrected chi connectivity index (χ1v) is 4.21. The number of hydrogen-bond acceptors (Lipinski definition) is 2. The van der Waals surface area contributed by atoms with Gasteiger partial charge in [0.25, 0.3) is 0 Å². The highest BCUT2D eigenvalue weighted by Gasteiger charge is 2.18. The van der Waals surface area contributed by atoms with Gasteiger partial charge in [-0.3, -0.25) is 0 Å². The van der Waals surface area contributed by atoms with Crippen LogP contribution in [0.1, 0.15) is 22.3 Å². The number of hydrogen-bond donors (Lipinski definition) is 1. The van der Waals surface area contributed by atoms with Crippen LogP contribution in [0.25, 0.3) is 0 Å². The van der Waals surface area contributed by atoms with Crippen molar-refractivity contribution in [3.05, 3.63) is 34.9 Å². The normalized spacial score (nSPS) is 9.12. The van der Waals surface area contributed by atoms with Crippen molar-refractivity contribution >= 4 is 12.3 Å². The maximum atomic E-state index is 13.4. The molecule has 5 heteroatoms. The molecule has 0 saturated carbocycles. The summed E-state index contributed by atoms with van der Waals surface area (Å²) in [5, 5.41) is 8.56. The van der Waals surface area contributed by atoms with Gasteiger partial charge in [0.15, 0.2) is 5.82 Å². The summed E-state index contributed by atoms with van der Waals surface area (Å²) in [4.78, 5) is 20.5. The molecular formula is C11H6F2O3. The van der Waals surface area contributed by atoms with Gasteiger partial charge in [0.05, 0.1) is 12.0 Å². The van der Waals surface area contributed by atoms with Gasteiger partial charge in [-0.15, -0.1) is 0 Å². The van der Waals surface area contributed by atoms with Gasteiger partial charge in [-0.05, 0) is 12.1 Å². The van der Waals surface area contributed by atoms with E-state index in [1.807, 2.05) is 0 Å². The fourth-order valence-electron chi connectivity index (χ4n) is 1.03. The van der Waals surface area contributed by atoms with E-state index in [0.717, 1.165) is 12.1 Å². The first kappa shape index (κ1) is 11.9. The van der Waals surface area contributed by atoms with Gasteiger partial charge in [-0.2, -0.15) is 0 Å². The molecule has 0 bridgehead atoms. The Morgan fingerprint density at radius 2 is 2.12 bits per heavy atom. The lowest BCUT2D eigenvalue weighted by Crippen LogP contribution is -2.06. The molecule has 0 unspecified atom stereocenters. The lowest BCUT2D eigenvalue weighted by Gasteiger charge is -2.00. The summed E-state index contributed by atoms with van der Waals surface area (Å²) >= 11 is 0. The van der Waals surface area contributed by atoms with E-state index in [4.69, 9.17) is 5.11 Å². The maximum Gasteiger partial charge on any atom is 0.341 e. The largest absolute Gasteiger partial charge is 0.477 e. The van der Waals surface area contributed by atoms with Crippen molar-refractivity contribution in [2.45, 2.75) is 6.42 Å². The standard InChI is InChI=1S/C11H6F2O3/c12-8-5-4-7(3-1-2-6-14)10(13)9(8)11(15)16/h4-6H,2H2,(H,15,16). The van der Waals surface area contributed by atoms with Crippen molar-refractivity contribution in [3.8, 4) is 11.8 Å². The Bertz CT molecular complexity index is 498. The third-order valence-electron chi connectivity index (χ3n) is 1.71. The van der Waals surface area contributed by atoms with Crippen LogP contribution in [0.15, 0.2) is 12.1 Å². The molecule has 1 rings (SSSR count). The molecule has 3 nitrogen and oxygen atoms in total. The average Bonchev–Trinajstić information content (AvgIpc) is 2.21. The zero-order valence-corrected chi connectivity index (χ0v) is 7.96. The highest BCUT2D eigenvalue weighted by molar-refractivity contribution is 5.88. The Hall–Kier alpha value is -2.22. The summed E-state index contributed by atoms with van der Waals surface area (Å²) in [5.41, 5.74) is -1.29. The molecule has 0 saturated heterocycles. The molecule has 0 aliphatic carbocycles. The molecule has 0 atom stereocenters. The molecule has 82 valence electrons. The zero-order chi connectivity index (χ0) is 12.1. The van der Waals surface area contributed by atoms with Gasteiger partial charge in [-0.25, -0.2) is 13.6 Å². The van der Waals surface area contributed by atoms with Gasteiger partial charge >= 0.3 is 5.97 Å². The monoisotopic (exact) mass is 224 g/mol. The number of carbonyl (C=O) groups is 2. The first-order chi connectivity index (χ1) is 7.57. The molecule has 0 aliphatic heterocycles. The number of carboxylic acids is 1. The Labute approximate surface area is 89.7 Å². The first-order valence-electron chi connectivity index (χ1n) is 4.21. The van der Waals surface area contributed by atoms with Crippen LogP contribution < -0.4 is 0 Å². The second-order valence-electron chi connectivity index (χ2n) is 2.76. The van der Waals surface area contributed by atoms with Crippen LogP contribution in [0.2, 0.25) is 0 Å². The number of benzene rings is 1. The summed E-state index contributed by atoms with van der Waals surface area (Å²) in [6, 6.07) is 1.84. The summed E-state index contributed by atoms with van der Waals surface area (Å²) < 4.78 is 26.3. The second-order valence-corrected chi connectivity index (χ2v) is 2.76. The summed E-state index contributed by atoms with van der Waals surface area (Å²) in [6.07, 6.45) is 0.422. The quantitative estimate of drug-likeness (QED) is 0.613. The van der Waals surface area contributed by atoms with E-state index in [1.54, 1.807) is 0 Å². The van der Waals surface area contributed by atoms with Crippen LogP contribution in [0.3, 0.4) is 0 Å². The Kier molecular flexibility index (Phi) is 3.72. The van der Waals surface area contributed by atoms with Crippen molar-refractivity contribution in [1.29, 1.82) is 0 Å². The summed E-state index contributed by atoms with van der Waals surface area (Å²) in [5.74, 6) is 0.463. The van der Waals surface area contributed by atoms with E-state index < -0.39 is 23.2 Å².